The summed E-state index contributed by atoms with van der Waals surface area (Å²) in [6.45, 7) is 7.97. The topological polar surface area (TPSA) is 65.3 Å². The molecule has 4 rings (SSSR count). The molecule has 6 nitrogen and oxygen atoms in total. The number of anilines is 1. The molecule has 6 heteroatoms. The molecule has 0 saturated carbocycles. The third kappa shape index (κ3) is 3.05. The van der Waals surface area contributed by atoms with E-state index in [-0.39, 0.29) is 6.10 Å². The Hall–Kier alpha value is -2.49. The van der Waals surface area contributed by atoms with Crippen LogP contribution in [-0.2, 0) is 11.3 Å². The fraction of sp³-hybridized carbons (Fsp3) is 0.450. The van der Waals surface area contributed by atoms with E-state index in [0.29, 0.717) is 17.4 Å². The number of aromatic nitrogens is 2. The highest BCUT2D eigenvalue weighted by molar-refractivity contribution is 5.58. The van der Waals surface area contributed by atoms with Gasteiger partial charge in [0.25, 0.3) is 0 Å². The van der Waals surface area contributed by atoms with Crippen molar-refractivity contribution in [1.82, 2.24) is 15.1 Å². The number of morpholine rings is 1. The number of rotatable bonds is 3. The van der Waals surface area contributed by atoms with Crippen molar-refractivity contribution in [3.05, 3.63) is 52.7 Å². The van der Waals surface area contributed by atoms with Gasteiger partial charge in [0.2, 0.25) is 0 Å². The van der Waals surface area contributed by atoms with E-state index in [4.69, 9.17) is 4.74 Å². The van der Waals surface area contributed by atoms with Gasteiger partial charge < -0.3 is 9.64 Å². The molecular formula is C20H23N5O. The third-order valence-corrected chi connectivity index (χ3v) is 5.49. The Kier molecular flexibility index (Phi) is 4.58. The van der Waals surface area contributed by atoms with E-state index in [2.05, 4.69) is 50.3 Å². The van der Waals surface area contributed by atoms with Crippen molar-refractivity contribution in [1.29, 1.82) is 5.26 Å². The van der Waals surface area contributed by atoms with E-state index in [0.717, 1.165) is 44.0 Å². The summed E-state index contributed by atoms with van der Waals surface area (Å²) in [6, 6.07) is 13.2. The van der Waals surface area contributed by atoms with Crippen LogP contribution in [0.5, 0.6) is 0 Å². The molecule has 2 aliphatic rings. The number of ether oxygens (including phenoxy) is 1. The molecule has 2 aliphatic heterocycles. The molecule has 1 aromatic carbocycles. The van der Waals surface area contributed by atoms with Crippen molar-refractivity contribution in [3.63, 3.8) is 0 Å². The average molecular weight is 349 g/mol. The molecule has 0 bridgehead atoms. The standard InChI is InChI=1S/C20H23N5O/c1-14-15(2)22-23-20(17(14)10-21)25-12-18-19(13-25)26-9-8-24(18)11-16-6-4-3-5-7-16/h3-7,18-19H,8-9,11-13H2,1-2H3. The van der Waals surface area contributed by atoms with Crippen molar-refractivity contribution in [2.45, 2.75) is 32.5 Å². The van der Waals surface area contributed by atoms with Crippen LogP contribution in [0.2, 0.25) is 0 Å². The maximum atomic E-state index is 9.60. The lowest BCUT2D eigenvalue weighted by atomic mass is 10.1. The summed E-state index contributed by atoms with van der Waals surface area (Å²) in [4.78, 5) is 4.65. The van der Waals surface area contributed by atoms with E-state index < -0.39 is 0 Å². The maximum Gasteiger partial charge on any atom is 0.169 e. The fourth-order valence-corrected chi connectivity index (χ4v) is 3.90. The van der Waals surface area contributed by atoms with Gasteiger partial charge in [-0.05, 0) is 25.0 Å². The summed E-state index contributed by atoms with van der Waals surface area (Å²) in [5, 5.41) is 18.2. The van der Waals surface area contributed by atoms with Crippen LogP contribution in [0.25, 0.3) is 0 Å². The lowest BCUT2D eigenvalue weighted by molar-refractivity contribution is -0.0499. The molecule has 26 heavy (non-hydrogen) atoms. The largest absolute Gasteiger partial charge is 0.373 e. The third-order valence-electron chi connectivity index (χ3n) is 5.49. The second kappa shape index (κ2) is 7.02. The Balaban J connectivity index is 1.57. The first-order valence-electron chi connectivity index (χ1n) is 9.06. The minimum absolute atomic E-state index is 0.141. The van der Waals surface area contributed by atoms with Gasteiger partial charge in [-0.15, -0.1) is 5.10 Å². The Labute approximate surface area is 154 Å². The zero-order chi connectivity index (χ0) is 18.1. The van der Waals surface area contributed by atoms with Crippen LogP contribution in [-0.4, -0.2) is 53.5 Å². The van der Waals surface area contributed by atoms with Crippen LogP contribution >= 0.6 is 0 Å². The molecule has 134 valence electrons. The first kappa shape index (κ1) is 17.0. The van der Waals surface area contributed by atoms with Crippen molar-refractivity contribution in [2.75, 3.05) is 31.1 Å². The molecule has 0 amide bonds. The summed E-state index contributed by atoms with van der Waals surface area (Å²) in [5.74, 6) is 0.688. The van der Waals surface area contributed by atoms with E-state index in [1.165, 1.54) is 5.56 Å². The normalized spacial score (nSPS) is 22.9. The smallest absolute Gasteiger partial charge is 0.169 e. The fourth-order valence-electron chi connectivity index (χ4n) is 3.90. The van der Waals surface area contributed by atoms with E-state index in [9.17, 15) is 5.26 Å². The molecule has 2 fully saturated rings. The zero-order valence-electron chi connectivity index (χ0n) is 15.2. The molecule has 0 spiro atoms. The van der Waals surface area contributed by atoms with Crippen LogP contribution in [0.3, 0.4) is 0 Å². The van der Waals surface area contributed by atoms with Gasteiger partial charge in [-0.25, -0.2) is 0 Å². The van der Waals surface area contributed by atoms with Crippen molar-refractivity contribution in [3.8, 4) is 6.07 Å². The molecule has 0 aliphatic carbocycles. The number of nitriles is 1. The molecule has 3 heterocycles. The number of hydrogen-bond donors (Lipinski definition) is 0. The second-order valence-corrected chi connectivity index (χ2v) is 7.06. The monoisotopic (exact) mass is 349 g/mol. The van der Waals surface area contributed by atoms with Crippen molar-refractivity contribution >= 4 is 5.82 Å². The Morgan fingerprint density at radius 1 is 1.19 bits per heavy atom. The Morgan fingerprint density at radius 3 is 2.77 bits per heavy atom. The van der Waals surface area contributed by atoms with Crippen LogP contribution in [0.4, 0.5) is 5.82 Å². The molecule has 2 unspecified atom stereocenters. The summed E-state index contributed by atoms with van der Waals surface area (Å²) in [6.07, 6.45) is 0.141. The number of benzene rings is 1. The highest BCUT2D eigenvalue weighted by atomic mass is 16.5. The average Bonchev–Trinajstić information content (AvgIpc) is 3.10. The predicted molar refractivity (Wildman–Crippen MR) is 98.8 cm³/mol. The summed E-state index contributed by atoms with van der Waals surface area (Å²) in [7, 11) is 0. The first-order chi connectivity index (χ1) is 12.7. The highest BCUT2D eigenvalue weighted by Crippen LogP contribution is 2.30. The molecule has 2 aromatic rings. The SMILES string of the molecule is Cc1nnc(N2CC3OCCN(Cc4ccccc4)C3C2)c(C#N)c1C. The number of aryl methyl sites for hydroxylation is 1. The number of nitrogens with zero attached hydrogens (tertiary/aromatic N) is 5. The summed E-state index contributed by atoms with van der Waals surface area (Å²) >= 11 is 0. The van der Waals surface area contributed by atoms with Crippen LogP contribution < -0.4 is 4.90 Å². The zero-order valence-corrected chi connectivity index (χ0v) is 15.2. The van der Waals surface area contributed by atoms with Crippen molar-refractivity contribution in [2.24, 2.45) is 0 Å². The van der Waals surface area contributed by atoms with Crippen LogP contribution in [0.1, 0.15) is 22.4 Å². The predicted octanol–water partition coefficient (Wildman–Crippen LogP) is 2.05. The van der Waals surface area contributed by atoms with Gasteiger partial charge in [-0.3, -0.25) is 4.90 Å². The van der Waals surface area contributed by atoms with E-state index in [1.807, 2.05) is 19.9 Å². The molecule has 2 atom stereocenters. The van der Waals surface area contributed by atoms with Gasteiger partial charge in [-0.1, -0.05) is 30.3 Å². The van der Waals surface area contributed by atoms with Crippen molar-refractivity contribution < 1.29 is 4.74 Å². The van der Waals surface area contributed by atoms with Gasteiger partial charge in [0.1, 0.15) is 11.6 Å². The number of fused-ring (bicyclic) bond motifs is 1. The molecule has 0 radical (unpaired) electrons. The number of hydrogen-bond acceptors (Lipinski definition) is 6. The maximum absolute atomic E-state index is 9.60. The molecule has 2 saturated heterocycles. The van der Waals surface area contributed by atoms with E-state index >= 15 is 0 Å². The minimum atomic E-state index is 0.141. The highest BCUT2D eigenvalue weighted by Gasteiger charge is 2.41. The summed E-state index contributed by atoms with van der Waals surface area (Å²) < 4.78 is 6.03. The van der Waals surface area contributed by atoms with E-state index in [1.54, 1.807) is 0 Å². The summed E-state index contributed by atoms with van der Waals surface area (Å²) in [5.41, 5.74) is 3.67. The van der Waals surface area contributed by atoms with Gasteiger partial charge in [0.05, 0.1) is 24.4 Å². The van der Waals surface area contributed by atoms with Gasteiger partial charge in [-0.2, -0.15) is 10.4 Å². The quantitative estimate of drug-likeness (QED) is 0.845. The first-order valence-corrected chi connectivity index (χ1v) is 9.06. The molecule has 1 aromatic heterocycles. The van der Waals surface area contributed by atoms with Gasteiger partial charge >= 0.3 is 0 Å². The van der Waals surface area contributed by atoms with Crippen LogP contribution in [0, 0.1) is 25.2 Å². The Morgan fingerprint density at radius 2 is 2.00 bits per heavy atom. The second-order valence-electron chi connectivity index (χ2n) is 7.06. The van der Waals surface area contributed by atoms with Gasteiger partial charge in [0.15, 0.2) is 5.82 Å². The van der Waals surface area contributed by atoms with Crippen LogP contribution in [0.15, 0.2) is 30.3 Å². The lowest BCUT2D eigenvalue weighted by Gasteiger charge is -2.36. The molecular weight excluding hydrogens is 326 g/mol. The van der Waals surface area contributed by atoms with Gasteiger partial charge in [0, 0.05) is 26.2 Å². The minimum Gasteiger partial charge on any atom is -0.373 e. The lowest BCUT2D eigenvalue weighted by Crippen LogP contribution is -2.50. The Bertz CT molecular complexity index is 832. The molecule has 0 N–H and O–H groups in total.